The van der Waals surface area contributed by atoms with Crippen molar-refractivity contribution in [2.45, 2.75) is 44.4 Å². The molecule has 0 unspecified atom stereocenters. The van der Waals surface area contributed by atoms with Gasteiger partial charge in [-0.15, -0.1) is 0 Å². The smallest absolute Gasteiger partial charge is 0.315 e. The lowest BCUT2D eigenvalue weighted by Crippen LogP contribution is -2.38. The van der Waals surface area contributed by atoms with Crippen molar-refractivity contribution in [1.82, 2.24) is 9.47 Å². The van der Waals surface area contributed by atoms with Crippen LogP contribution < -0.4 is 5.56 Å². The lowest BCUT2D eigenvalue weighted by Gasteiger charge is -2.32. The zero-order valence-electron chi connectivity index (χ0n) is 11.5. The van der Waals surface area contributed by atoms with Crippen LogP contribution in [-0.2, 0) is 12.7 Å². The van der Waals surface area contributed by atoms with E-state index in [1.54, 1.807) is 0 Å². The summed E-state index contributed by atoms with van der Waals surface area (Å²) in [4.78, 5) is 14.0. The van der Waals surface area contributed by atoms with Gasteiger partial charge in [-0.1, -0.05) is 6.42 Å². The molecule has 0 amide bonds. The zero-order valence-corrected chi connectivity index (χ0v) is 11.5. The maximum absolute atomic E-state index is 12.7. The zero-order chi connectivity index (χ0) is 14.8. The average molecular weight is 288 g/mol. The second kappa shape index (κ2) is 5.99. The number of piperidine rings is 1. The highest BCUT2D eigenvalue weighted by Crippen LogP contribution is 2.26. The summed E-state index contributed by atoms with van der Waals surface area (Å²) in [5.74, 6) is 0. The number of halogens is 3. The summed E-state index contributed by atoms with van der Waals surface area (Å²) < 4.78 is 39.2. The van der Waals surface area contributed by atoms with Crippen molar-refractivity contribution < 1.29 is 13.2 Å². The molecule has 1 saturated heterocycles. The van der Waals surface area contributed by atoms with E-state index in [0.29, 0.717) is 19.0 Å². The van der Waals surface area contributed by atoms with E-state index in [2.05, 4.69) is 4.90 Å². The molecule has 0 bridgehead atoms. The minimum absolute atomic E-state index is 0.331. The molecule has 6 heteroatoms. The van der Waals surface area contributed by atoms with Crippen LogP contribution in [-0.4, -0.2) is 29.1 Å². The van der Waals surface area contributed by atoms with E-state index in [9.17, 15) is 18.0 Å². The maximum Gasteiger partial charge on any atom is 0.421 e. The molecule has 3 nitrogen and oxygen atoms in total. The SMILES string of the molecule is CN1CCCC[C@@H]1CCn1cccc(C(F)(F)F)c1=O. The van der Waals surface area contributed by atoms with Gasteiger partial charge in [-0.05, 0) is 45.0 Å². The molecular weight excluding hydrogens is 269 g/mol. The molecule has 1 aromatic rings. The average Bonchev–Trinajstić information content (AvgIpc) is 2.38. The fraction of sp³-hybridized carbons (Fsp3) is 0.643. The number of rotatable bonds is 3. The Morgan fingerprint density at radius 2 is 2.10 bits per heavy atom. The summed E-state index contributed by atoms with van der Waals surface area (Å²) in [6.45, 7) is 1.35. The van der Waals surface area contributed by atoms with E-state index in [1.165, 1.54) is 16.8 Å². The fourth-order valence-electron chi connectivity index (χ4n) is 2.73. The van der Waals surface area contributed by atoms with Crippen molar-refractivity contribution in [2.75, 3.05) is 13.6 Å². The number of aromatic nitrogens is 1. The molecule has 0 spiro atoms. The topological polar surface area (TPSA) is 25.2 Å². The molecule has 1 aliphatic heterocycles. The van der Waals surface area contributed by atoms with Crippen LogP contribution in [0.5, 0.6) is 0 Å². The highest BCUT2D eigenvalue weighted by molar-refractivity contribution is 5.13. The first-order valence-electron chi connectivity index (χ1n) is 6.86. The summed E-state index contributed by atoms with van der Waals surface area (Å²) in [7, 11) is 2.03. The monoisotopic (exact) mass is 288 g/mol. The number of hydrogen-bond donors (Lipinski definition) is 0. The standard InChI is InChI=1S/C14H19F3N2O/c1-18-8-3-2-5-11(18)7-10-19-9-4-6-12(13(19)20)14(15,16)17/h4,6,9,11H,2-3,5,7-8,10H2,1H3/t11-/m1/s1. The molecular formula is C14H19F3N2O. The molecule has 20 heavy (non-hydrogen) atoms. The lowest BCUT2D eigenvalue weighted by molar-refractivity contribution is -0.139. The van der Waals surface area contributed by atoms with Crippen LogP contribution in [0.4, 0.5) is 13.2 Å². The molecule has 0 radical (unpaired) electrons. The molecule has 1 atom stereocenters. The number of pyridine rings is 1. The molecule has 112 valence electrons. The lowest BCUT2D eigenvalue weighted by atomic mass is 10.00. The molecule has 2 heterocycles. The summed E-state index contributed by atoms with van der Waals surface area (Å²) in [5.41, 5.74) is -2.03. The summed E-state index contributed by atoms with van der Waals surface area (Å²) >= 11 is 0. The van der Waals surface area contributed by atoms with E-state index < -0.39 is 17.3 Å². The van der Waals surface area contributed by atoms with Gasteiger partial charge in [0.25, 0.3) is 5.56 Å². The van der Waals surface area contributed by atoms with Gasteiger partial charge in [0.1, 0.15) is 5.56 Å². The number of aryl methyl sites for hydroxylation is 1. The van der Waals surface area contributed by atoms with Gasteiger partial charge < -0.3 is 9.47 Å². The first kappa shape index (κ1) is 15.1. The molecule has 1 aromatic heterocycles. The summed E-state index contributed by atoms with van der Waals surface area (Å²) in [6, 6.07) is 2.48. The van der Waals surface area contributed by atoms with E-state index in [1.807, 2.05) is 7.05 Å². The number of alkyl halides is 3. The minimum Gasteiger partial charge on any atom is -0.315 e. The van der Waals surface area contributed by atoms with Crippen LogP contribution in [0.25, 0.3) is 0 Å². The number of hydrogen-bond acceptors (Lipinski definition) is 2. The van der Waals surface area contributed by atoms with E-state index in [4.69, 9.17) is 0 Å². The Labute approximate surface area is 116 Å². The Balaban J connectivity index is 2.08. The van der Waals surface area contributed by atoms with Crippen LogP contribution in [0.2, 0.25) is 0 Å². The third kappa shape index (κ3) is 3.42. The van der Waals surface area contributed by atoms with Crippen molar-refractivity contribution in [1.29, 1.82) is 0 Å². The maximum atomic E-state index is 12.7. The molecule has 0 aromatic carbocycles. The second-order valence-corrected chi connectivity index (χ2v) is 5.34. The Morgan fingerprint density at radius 1 is 1.35 bits per heavy atom. The molecule has 1 fully saturated rings. The van der Waals surface area contributed by atoms with Crippen molar-refractivity contribution in [3.05, 3.63) is 34.2 Å². The van der Waals surface area contributed by atoms with E-state index >= 15 is 0 Å². The quantitative estimate of drug-likeness (QED) is 0.854. The largest absolute Gasteiger partial charge is 0.421 e. The van der Waals surface area contributed by atoms with Crippen molar-refractivity contribution >= 4 is 0 Å². The predicted octanol–water partition coefficient (Wildman–Crippen LogP) is 2.74. The normalized spacial score (nSPS) is 21.1. The third-order valence-electron chi connectivity index (χ3n) is 3.95. The Bertz CT molecular complexity index is 510. The van der Waals surface area contributed by atoms with Gasteiger partial charge in [0.05, 0.1) is 0 Å². The number of nitrogens with zero attached hydrogens (tertiary/aromatic N) is 2. The molecule has 0 aliphatic carbocycles. The Morgan fingerprint density at radius 3 is 2.75 bits per heavy atom. The van der Waals surface area contributed by atoms with Gasteiger partial charge in [0.15, 0.2) is 0 Å². The minimum atomic E-state index is -4.58. The van der Waals surface area contributed by atoms with Gasteiger partial charge in [0, 0.05) is 18.8 Å². The molecule has 1 aliphatic rings. The van der Waals surface area contributed by atoms with Crippen LogP contribution in [0, 0.1) is 0 Å². The van der Waals surface area contributed by atoms with E-state index in [-0.39, 0.29) is 0 Å². The fourth-order valence-corrected chi connectivity index (χ4v) is 2.73. The highest BCUT2D eigenvalue weighted by Gasteiger charge is 2.34. The Hall–Kier alpha value is -1.30. The first-order chi connectivity index (χ1) is 9.39. The van der Waals surface area contributed by atoms with E-state index in [0.717, 1.165) is 31.9 Å². The van der Waals surface area contributed by atoms with Crippen molar-refractivity contribution in [3.63, 3.8) is 0 Å². The molecule has 0 saturated carbocycles. The number of likely N-dealkylation sites (tertiary alicyclic amines) is 1. The van der Waals surface area contributed by atoms with Crippen molar-refractivity contribution in [3.8, 4) is 0 Å². The third-order valence-corrected chi connectivity index (χ3v) is 3.95. The highest BCUT2D eigenvalue weighted by atomic mass is 19.4. The van der Waals surface area contributed by atoms with Gasteiger partial charge >= 0.3 is 6.18 Å². The predicted molar refractivity (Wildman–Crippen MR) is 70.6 cm³/mol. The Kier molecular flexibility index (Phi) is 4.52. The first-order valence-corrected chi connectivity index (χ1v) is 6.86. The van der Waals surface area contributed by atoms with Gasteiger partial charge in [-0.3, -0.25) is 4.79 Å². The van der Waals surface area contributed by atoms with Crippen LogP contribution in [0.3, 0.4) is 0 Å². The van der Waals surface area contributed by atoms with Crippen molar-refractivity contribution in [2.24, 2.45) is 0 Å². The van der Waals surface area contributed by atoms with Crippen LogP contribution in [0.15, 0.2) is 23.1 Å². The van der Waals surface area contributed by atoms with Gasteiger partial charge in [-0.25, -0.2) is 0 Å². The van der Waals surface area contributed by atoms with Gasteiger partial charge in [0.2, 0.25) is 0 Å². The second-order valence-electron chi connectivity index (χ2n) is 5.34. The summed E-state index contributed by atoms with van der Waals surface area (Å²) in [5, 5.41) is 0. The van der Waals surface area contributed by atoms with Gasteiger partial charge in [-0.2, -0.15) is 13.2 Å². The molecule has 0 N–H and O–H groups in total. The summed E-state index contributed by atoms with van der Waals surface area (Å²) in [6.07, 6.45) is 0.910. The van der Waals surface area contributed by atoms with Crippen LogP contribution >= 0.6 is 0 Å². The molecule has 2 rings (SSSR count). The van der Waals surface area contributed by atoms with Crippen LogP contribution in [0.1, 0.15) is 31.2 Å².